The van der Waals surface area contributed by atoms with Crippen LogP contribution in [0.25, 0.3) is 28.1 Å². The Bertz CT molecular complexity index is 1080. The molecule has 3 aromatic heterocycles. The lowest BCUT2D eigenvalue weighted by molar-refractivity contribution is 0.629. The molecule has 0 bridgehead atoms. The number of aromatic nitrogens is 5. The van der Waals surface area contributed by atoms with Gasteiger partial charge in [0.15, 0.2) is 5.65 Å². The Balaban J connectivity index is 1.98. The number of halogens is 3. The predicted octanol–water partition coefficient (Wildman–Crippen LogP) is 4.09. The summed E-state index contributed by atoms with van der Waals surface area (Å²) in [4.78, 5) is 13.1. The van der Waals surface area contributed by atoms with Crippen LogP contribution in [-0.2, 0) is 0 Å². The van der Waals surface area contributed by atoms with Gasteiger partial charge in [-0.3, -0.25) is 0 Å². The first-order valence-electron chi connectivity index (χ1n) is 6.67. The molecule has 0 radical (unpaired) electrons. The van der Waals surface area contributed by atoms with Crippen LogP contribution >= 0.6 is 23.2 Å². The van der Waals surface area contributed by atoms with E-state index in [0.29, 0.717) is 38.9 Å². The largest absolute Gasteiger partial charge is 0.249 e. The number of fused-ring (bicyclic) bond motifs is 2. The van der Waals surface area contributed by atoms with Crippen LogP contribution in [0.3, 0.4) is 0 Å². The van der Waals surface area contributed by atoms with Gasteiger partial charge in [-0.15, -0.1) is 0 Å². The zero-order chi connectivity index (χ0) is 16.1. The summed E-state index contributed by atoms with van der Waals surface area (Å²) in [6, 6.07) is 7.49. The van der Waals surface area contributed by atoms with Gasteiger partial charge >= 0.3 is 0 Å². The van der Waals surface area contributed by atoms with Gasteiger partial charge in [0.2, 0.25) is 0 Å². The fourth-order valence-electron chi connectivity index (χ4n) is 2.38. The number of benzene rings is 1. The van der Waals surface area contributed by atoms with Crippen molar-refractivity contribution >= 4 is 39.9 Å². The average molecular weight is 348 g/mol. The molecule has 114 valence electrons. The van der Waals surface area contributed by atoms with E-state index in [2.05, 4.69) is 20.1 Å². The molecular formula is C15H8Cl2FN5. The van der Waals surface area contributed by atoms with E-state index in [1.165, 1.54) is 22.7 Å². The van der Waals surface area contributed by atoms with Crippen LogP contribution in [0.5, 0.6) is 0 Å². The Morgan fingerprint density at radius 3 is 2.65 bits per heavy atom. The lowest BCUT2D eigenvalue weighted by atomic mass is 10.2. The van der Waals surface area contributed by atoms with Crippen molar-refractivity contribution in [2.24, 2.45) is 0 Å². The van der Waals surface area contributed by atoms with E-state index in [-0.39, 0.29) is 11.0 Å². The fraction of sp³-hybridized carbons (Fsp3) is 0.0667. The molecule has 0 N–H and O–H groups in total. The second-order valence-corrected chi connectivity index (χ2v) is 5.77. The van der Waals surface area contributed by atoms with Crippen LogP contribution in [0.1, 0.15) is 5.69 Å². The molecule has 0 atom stereocenters. The molecule has 0 spiro atoms. The second-order valence-electron chi connectivity index (χ2n) is 4.99. The third kappa shape index (κ3) is 2.40. The van der Waals surface area contributed by atoms with E-state index < -0.39 is 0 Å². The number of nitrogens with zero attached hydrogens (tertiary/aromatic N) is 5. The number of rotatable bonds is 1. The minimum Gasteiger partial charge on any atom is -0.249 e. The van der Waals surface area contributed by atoms with Gasteiger partial charge in [-0.1, -0.05) is 23.2 Å². The van der Waals surface area contributed by atoms with Crippen molar-refractivity contribution in [3.8, 4) is 11.4 Å². The molecule has 4 aromatic rings. The Morgan fingerprint density at radius 1 is 1.00 bits per heavy atom. The van der Waals surface area contributed by atoms with Gasteiger partial charge in [0.1, 0.15) is 27.5 Å². The summed E-state index contributed by atoms with van der Waals surface area (Å²) in [5.74, 6) is -0.368. The molecule has 5 nitrogen and oxygen atoms in total. The Kier molecular flexibility index (Phi) is 3.18. The van der Waals surface area contributed by atoms with Crippen molar-refractivity contribution in [1.82, 2.24) is 24.6 Å². The Labute approximate surface area is 139 Å². The highest BCUT2D eigenvalue weighted by molar-refractivity contribution is 6.33. The van der Waals surface area contributed by atoms with Crippen molar-refractivity contribution in [3.05, 3.63) is 52.1 Å². The first-order chi connectivity index (χ1) is 11.0. The molecule has 4 rings (SSSR count). The number of hydrogen-bond acceptors (Lipinski definition) is 4. The van der Waals surface area contributed by atoms with Gasteiger partial charge in [0.25, 0.3) is 0 Å². The van der Waals surface area contributed by atoms with Gasteiger partial charge in [-0.25, -0.2) is 23.9 Å². The highest BCUT2D eigenvalue weighted by Gasteiger charge is 2.14. The maximum atomic E-state index is 13.4. The molecule has 0 amide bonds. The summed E-state index contributed by atoms with van der Waals surface area (Å²) in [5.41, 5.74) is 3.33. The predicted molar refractivity (Wildman–Crippen MR) is 86.2 cm³/mol. The molecule has 0 saturated carbocycles. The van der Waals surface area contributed by atoms with Gasteiger partial charge in [-0.2, -0.15) is 5.10 Å². The average Bonchev–Trinajstić information content (AvgIpc) is 2.91. The molecule has 0 aliphatic heterocycles. The highest BCUT2D eigenvalue weighted by atomic mass is 35.5. The smallest absolute Gasteiger partial charge is 0.159 e. The van der Waals surface area contributed by atoms with Crippen LogP contribution in [0.4, 0.5) is 4.39 Å². The molecule has 23 heavy (non-hydrogen) atoms. The zero-order valence-corrected chi connectivity index (χ0v) is 13.3. The van der Waals surface area contributed by atoms with Crippen molar-refractivity contribution in [3.63, 3.8) is 0 Å². The van der Waals surface area contributed by atoms with Crippen LogP contribution in [0.15, 0.2) is 30.3 Å². The first-order valence-corrected chi connectivity index (χ1v) is 7.43. The summed E-state index contributed by atoms with van der Waals surface area (Å²) >= 11 is 12.0. The van der Waals surface area contributed by atoms with E-state index >= 15 is 0 Å². The molecule has 0 aliphatic carbocycles. The van der Waals surface area contributed by atoms with Crippen molar-refractivity contribution in [1.29, 1.82) is 0 Å². The summed E-state index contributed by atoms with van der Waals surface area (Å²) in [6.07, 6.45) is 0. The lowest BCUT2D eigenvalue weighted by Crippen LogP contribution is -1.96. The molecule has 0 aliphatic rings. The van der Waals surface area contributed by atoms with Gasteiger partial charge in [0.05, 0.1) is 16.7 Å². The summed E-state index contributed by atoms with van der Waals surface area (Å²) in [7, 11) is 0. The first kappa shape index (κ1) is 14.3. The highest BCUT2D eigenvalue weighted by Crippen LogP contribution is 2.25. The van der Waals surface area contributed by atoms with Gasteiger partial charge in [0, 0.05) is 18.2 Å². The normalized spacial score (nSPS) is 11.5. The van der Waals surface area contributed by atoms with E-state index in [0.717, 1.165) is 0 Å². The quantitative estimate of drug-likeness (QED) is 0.486. The zero-order valence-electron chi connectivity index (χ0n) is 11.8. The van der Waals surface area contributed by atoms with Crippen LogP contribution < -0.4 is 0 Å². The Hall–Kier alpha value is -2.31. The van der Waals surface area contributed by atoms with Crippen LogP contribution in [0, 0.1) is 12.7 Å². The molecule has 0 fully saturated rings. The molecule has 0 saturated heterocycles. The molecule has 8 heteroatoms. The van der Waals surface area contributed by atoms with Crippen molar-refractivity contribution < 1.29 is 4.39 Å². The van der Waals surface area contributed by atoms with E-state index in [9.17, 15) is 4.39 Å². The fourth-order valence-corrected chi connectivity index (χ4v) is 2.86. The van der Waals surface area contributed by atoms with Gasteiger partial charge < -0.3 is 0 Å². The summed E-state index contributed by atoms with van der Waals surface area (Å²) in [5, 5.41) is 4.99. The third-order valence-electron chi connectivity index (χ3n) is 3.40. The topological polar surface area (TPSA) is 56.0 Å². The van der Waals surface area contributed by atoms with E-state index in [1.807, 2.05) is 6.92 Å². The maximum Gasteiger partial charge on any atom is 0.159 e. The molecule has 1 aromatic carbocycles. The van der Waals surface area contributed by atoms with Gasteiger partial charge in [-0.05, 0) is 19.1 Å². The SMILES string of the molecule is Cc1nc2ccc(F)cc2nc1-c1cc2nc(Cl)cc(Cl)n2n1. The summed E-state index contributed by atoms with van der Waals surface area (Å²) in [6.45, 7) is 1.82. The second kappa shape index (κ2) is 5.11. The van der Waals surface area contributed by atoms with Crippen LogP contribution in [-0.4, -0.2) is 24.6 Å². The van der Waals surface area contributed by atoms with Crippen molar-refractivity contribution in [2.45, 2.75) is 6.92 Å². The monoisotopic (exact) mass is 347 g/mol. The minimum atomic E-state index is -0.368. The third-order valence-corrected chi connectivity index (χ3v) is 3.86. The van der Waals surface area contributed by atoms with E-state index in [4.69, 9.17) is 23.2 Å². The summed E-state index contributed by atoms with van der Waals surface area (Å²) < 4.78 is 14.9. The standard InChI is InChI=1S/C15H8Cl2FN5/c1-7-15(20-10-4-8(18)2-3-9(10)19-7)11-5-14-21-12(16)6-13(17)23(14)22-11/h2-6H,1H3. The van der Waals surface area contributed by atoms with E-state index in [1.54, 1.807) is 12.1 Å². The molecular weight excluding hydrogens is 340 g/mol. The van der Waals surface area contributed by atoms with Crippen molar-refractivity contribution in [2.75, 3.05) is 0 Å². The number of hydrogen-bond donors (Lipinski definition) is 0. The Morgan fingerprint density at radius 2 is 1.83 bits per heavy atom. The van der Waals surface area contributed by atoms with Crippen LogP contribution in [0.2, 0.25) is 10.3 Å². The number of aryl methyl sites for hydroxylation is 1. The maximum absolute atomic E-state index is 13.4. The molecule has 3 heterocycles. The molecule has 0 unspecified atom stereocenters. The minimum absolute atomic E-state index is 0.275. The lowest BCUT2D eigenvalue weighted by Gasteiger charge is -2.04.